The van der Waals surface area contributed by atoms with Gasteiger partial charge >= 0.3 is 12.1 Å². The molecule has 0 bridgehead atoms. The summed E-state index contributed by atoms with van der Waals surface area (Å²) in [4.78, 5) is 12.2. The van der Waals surface area contributed by atoms with Crippen molar-refractivity contribution in [2.24, 2.45) is 5.92 Å². The van der Waals surface area contributed by atoms with Crippen LogP contribution in [0.1, 0.15) is 32.3 Å². The van der Waals surface area contributed by atoms with E-state index in [1.807, 2.05) is 13.8 Å². The van der Waals surface area contributed by atoms with Crippen LogP contribution in [-0.2, 0) is 19.9 Å². The summed E-state index contributed by atoms with van der Waals surface area (Å²) in [5, 5.41) is 0. The average molecular weight is 318 g/mol. The van der Waals surface area contributed by atoms with Gasteiger partial charge in [0.2, 0.25) is 0 Å². The molecule has 1 unspecified atom stereocenters. The number of carbonyl (C=O) groups is 1. The van der Waals surface area contributed by atoms with E-state index >= 15 is 0 Å². The lowest BCUT2D eigenvalue weighted by Gasteiger charge is -2.32. The highest BCUT2D eigenvalue weighted by Crippen LogP contribution is 2.43. The topological polar surface area (TPSA) is 35.5 Å². The maximum atomic E-state index is 13.6. The van der Waals surface area contributed by atoms with Crippen LogP contribution in [0.15, 0.2) is 30.3 Å². The summed E-state index contributed by atoms with van der Waals surface area (Å²) in [7, 11) is 0.858. The highest BCUT2D eigenvalue weighted by atomic mass is 19.4. The molecule has 2 atom stereocenters. The smallest absolute Gasteiger partial charge is 0.432 e. The van der Waals surface area contributed by atoms with E-state index < -0.39 is 17.7 Å². The maximum Gasteiger partial charge on any atom is 0.432 e. The minimum absolute atomic E-state index is 0.00693. The third kappa shape index (κ3) is 3.80. The van der Waals surface area contributed by atoms with Gasteiger partial charge in [0, 0.05) is 12.7 Å². The van der Waals surface area contributed by atoms with Crippen LogP contribution in [0.5, 0.6) is 0 Å². The molecule has 6 heteroatoms. The van der Waals surface area contributed by atoms with Crippen molar-refractivity contribution >= 4 is 5.97 Å². The summed E-state index contributed by atoms with van der Waals surface area (Å²) in [6, 6.07) is 6.81. The number of hydrogen-bond donors (Lipinski definition) is 0. The summed E-state index contributed by atoms with van der Waals surface area (Å²) in [6.45, 7) is 3.71. The van der Waals surface area contributed by atoms with E-state index in [4.69, 9.17) is 4.74 Å². The van der Waals surface area contributed by atoms with Gasteiger partial charge in [-0.05, 0) is 12.3 Å². The zero-order chi connectivity index (χ0) is 16.8. The Balaban J connectivity index is 3.09. The van der Waals surface area contributed by atoms with Gasteiger partial charge in [-0.3, -0.25) is 0 Å². The first-order valence-electron chi connectivity index (χ1n) is 7.14. The first kappa shape index (κ1) is 18.5. The molecule has 124 valence electrons. The van der Waals surface area contributed by atoms with E-state index in [1.165, 1.54) is 24.3 Å². The van der Waals surface area contributed by atoms with E-state index in [0.29, 0.717) is 0 Å². The Kier molecular flexibility index (Phi) is 6.41. The molecule has 0 aliphatic heterocycles. The number of alkyl halides is 3. The molecule has 0 fully saturated rings. The van der Waals surface area contributed by atoms with Crippen LogP contribution in [-0.4, -0.2) is 25.9 Å². The second-order valence-corrected chi connectivity index (χ2v) is 5.24. The van der Waals surface area contributed by atoms with Crippen LogP contribution in [0.25, 0.3) is 0 Å². The van der Waals surface area contributed by atoms with Crippen LogP contribution in [0.3, 0.4) is 0 Å². The van der Waals surface area contributed by atoms with Gasteiger partial charge in [-0.15, -0.1) is 0 Å². The quantitative estimate of drug-likeness (QED) is 0.711. The molecule has 0 heterocycles. The molecule has 0 radical (unpaired) electrons. The van der Waals surface area contributed by atoms with Crippen LogP contribution in [0.4, 0.5) is 13.2 Å². The van der Waals surface area contributed by atoms with Gasteiger partial charge in [-0.25, -0.2) is 4.79 Å². The summed E-state index contributed by atoms with van der Waals surface area (Å²) in [6.07, 6.45) is -3.29. The summed E-state index contributed by atoms with van der Waals surface area (Å²) >= 11 is 0. The van der Waals surface area contributed by atoms with Crippen LogP contribution in [0, 0.1) is 5.92 Å². The Morgan fingerprint density at radius 1 is 1.23 bits per heavy atom. The van der Waals surface area contributed by atoms with Gasteiger partial charge in [0.05, 0.1) is 6.61 Å². The second-order valence-electron chi connectivity index (χ2n) is 5.24. The van der Waals surface area contributed by atoms with Gasteiger partial charge in [0.1, 0.15) is 0 Å². The fourth-order valence-corrected chi connectivity index (χ4v) is 2.28. The third-order valence-electron chi connectivity index (χ3n) is 3.45. The Morgan fingerprint density at radius 3 is 2.27 bits per heavy atom. The molecule has 0 amide bonds. The normalized spacial score (nSPS) is 15.9. The number of halogens is 3. The molecule has 1 rings (SSSR count). The second kappa shape index (κ2) is 7.63. The van der Waals surface area contributed by atoms with Crippen molar-refractivity contribution in [1.29, 1.82) is 0 Å². The SMILES string of the molecule is CCCC(C)COC(=O)[C@](OC)(c1ccccc1)C(F)(F)F. The Hall–Kier alpha value is -1.56. The predicted molar refractivity (Wildman–Crippen MR) is 76.2 cm³/mol. The van der Waals surface area contributed by atoms with Crippen molar-refractivity contribution in [2.45, 2.75) is 38.5 Å². The monoisotopic (exact) mass is 318 g/mol. The largest absolute Gasteiger partial charge is 0.463 e. The highest BCUT2D eigenvalue weighted by Gasteiger charge is 2.64. The van der Waals surface area contributed by atoms with Crippen molar-refractivity contribution in [2.75, 3.05) is 13.7 Å². The first-order valence-corrected chi connectivity index (χ1v) is 7.14. The van der Waals surface area contributed by atoms with Crippen LogP contribution in [0.2, 0.25) is 0 Å². The fraction of sp³-hybridized carbons (Fsp3) is 0.562. The Bertz CT molecular complexity index is 473. The molecule has 0 saturated heterocycles. The standard InChI is InChI=1S/C16H21F3O3/c1-4-8-12(2)11-22-14(20)15(21-3,16(17,18)19)13-9-6-5-7-10-13/h5-7,9-10,12H,4,8,11H2,1-3H3/t12?,15-/m1/s1. The fourth-order valence-electron chi connectivity index (χ4n) is 2.28. The molecule has 22 heavy (non-hydrogen) atoms. The Labute approximate surface area is 128 Å². The average Bonchev–Trinajstić information content (AvgIpc) is 2.46. The zero-order valence-electron chi connectivity index (χ0n) is 12.9. The van der Waals surface area contributed by atoms with Gasteiger partial charge in [0.15, 0.2) is 0 Å². The number of benzene rings is 1. The number of hydrogen-bond acceptors (Lipinski definition) is 3. The molecule has 0 aromatic heterocycles. The van der Waals surface area contributed by atoms with E-state index in [2.05, 4.69) is 4.74 Å². The molecule has 0 saturated carbocycles. The third-order valence-corrected chi connectivity index (χ3v) is 3.45. The van der Waals surface area contributed by atoms with E-state index in [-0.39, 0.29) is 18.1 Å². The lowest BCUT2D eigenvalue weighted by molar-refractivity contribution is -0.276. The van der Waals surface area contributed by atoms with Crippen molar-refractivity contribution in [3.8, 4) is 0 Å². The van der Waals surface area contributed by atoms with Gasteiger partial charge in [-0.1, -0.05) is 50.6 Å². The van der Waals surface area contributed by atoms with E-state index in [1.54, 1.807) is 6.07 Å². The molecule has 0 aliphatic carbocycles. The highest BCUT2D eigenvalue weighted by molar-refractivity contribution is 5.82. The number of ether oxygens (including phenoxy) is 2. The van der Waals surface area contributed by atoms with Gasteiger partial charge in [-0.2, -0.15) is 13.2 Å². The number of rotatable bonds is 7. The van der Waals surface area contributed by atoms with E-state index in [9.17, 15) is 18.0 Å². The molecule has 0 aliphatic rings. The molecule has 0 spiro atoms. The predicted octanol–water partition coefficient (Wildman–Crippen LogP) is 4.07. The van der Waals surface area contributed by atoms with Crippen LogP contribution >= 0.6 is 0 Å². The van der Waals surface area contributed by atoms with E-state index in [0.717, 1.165) is 20.0 Å². The van der Waals surface area contributed by atoms with Crippen molar-refractivity contribution in [1.82, 2.24) is 0 Å². The number of esters is 1. The lowest BCUT2D eigenvalue weighted by Crippen LogP contribution is -2.52. The van der Waals surface area contributed by atoms with Gasteiger partial charge in [0.25, 0.3) is 5.60 Å². The summed E-state index contributed by atoms with van der Waals surface area (Å²) < 4.78 is 50.2. The van der Waals surface area contributed by atoms with Crippen molar-refractivity contribution in [3.63, 3.8) is 0 Å². The summed E-state index contributed by atoms with van der Waals surface area (Å²) in [5.74, 6) is -1.44. The lowest BCUT2D eigenvalue weighted by atomic mass is 9.92. The van der Waals surface area contributed by atoms with Crippen molar-refractivity contribution < 1.29 is 27.4 Å². The molecule has 0 N–H and O–H groups in total. The number of methoxy groups -OCH3 is 1. The molecule has 3 nitrogen and oxygen atoms in total. The molecular formula is C16H21F3O3. The molecule has 1 aromatic carbocycles. The van der Waals surface area contributed by atoms with Gasteiger partial charge < -0.3 is 9.47 Å². The minimum Gasteiger partial charge on any atom is -0.463 e. The summed E-state index contributed by atoms with van der Waals surface area (Å²) in [5.41, 5.74) is -3.39. The Morgan fingerprint density at radius 2 is 1.82 bits per heavy atom. The van der Waals surface area contributed by atoms with Crippen LogP contribution < -0.4 is 0 Å². The maximum absolute atomic E-state index is 13.6. The molecule has 1 aromatic rings. The zero-order valence-corrected chi connectivity index (χ0v) is 12.9. The number of carbonyl (C=O) groups excluding carboxylic acids is 1. The first-order chi connectivity index (χ1) is 10.3. The molecular weight excluding hydrogens is 297 g/mol. The van der Waals surface area contributed by atoms with Crippen molar-refractivity contribution in [3.05, 3.63) is 35.9 Å². The minimum atomic E-state index is -4.92.